The molecule has 0 radical (unpaired) electrons. The Morgan fingerprint density at radius 1 is 0.914 bits per heavy atom. The van der Waals surface area contributed by atoms with Gasteiger partial charge < -0.3 is 24.3 Å². The number of aromatic nitrogens is 5. The van der Waals surface area contributed by atoms with E-state index in [2.05, 4.69) is 36.6 Å². The monoisotopic (exact) mass is 811 g/mol. The molecule has 17 heteroatoms. The smallest absolute Gasteiger partial charge is 0.379 e. The lowest BCUT2D eigenvalue weighted by Gasteiger charge is -2.38. The number of fused-ring (bicyclic) bond motifs is 2. The van der Waals surface area contributed by atoms with Crippen LogP contribution in [0.2, 0.25) is 0 Å². The standard InChI is InChI=1S/C41H56F3N9O5/c1-49-27-32(31-25-46-39(48-37(31)49)45-14-13-41(42,43)44)30-8-5-29(6-9-30)26-52-17-15-51(16-18-52)19-21-58-23-22-57-20-3-4-28-7-10-33-35(24-28)50(2)40(56)53(33)34-11-12-36(54)47-38(34)55/h7,10,24-25,27,29-30,34H,3-6,8-9,11-23,26H2,1-2H3,(H,45,46,48)(H,47,54,55)/t29?,30?,34-/m0/s1. The maximum Gasteiger partial charge on any atom is 0.390 e. The lowest BCUT2D eigenvalue weighted by molar-refractivity contribution is -0.136. The Labute approximate surface area is 336 Å². The van der Waals surface area contributed by atoms with Crippen LogP contribution in [0.1, 0.15) is 74.5 Å². The summed E-state index contributed by atoms with van der Waals surface area (Å²) in [4.78, 5) is 51.0. The van der Waals surface area contributed by atoms with E-state index in [-0.39, 0.29) is 30.5 Å². The van der Waals surface area contributed by atoms with Crippen molar-refractivity contribution in [3.05, 3.63) is 52.2 Å². The number of rotatable bonds is 17. The summed E-state index contributed by atoms with van der Waals surface area (Å²) in [5.41, 5.74) is 4.26. The van der Waals surface area contributed by atoms with Gasteiger partial charge in [0, 0.05) is 90.7 Å². The van der Waals surface area contributed by atoms with Crippen LogP contribution in [-0.2, 0) is 39.6 Å². The molecule has 1 saturated carbocycles. The maximum atomic E-state index is 13.0. The highest BCUT2D eigenvalue weighted by molar-refractivity contribution is 6.00. The summed E-state index contributed by atoms with van der Waals surface area (Å²) in [5.74, 6) is 0.601. The van der Waals surface area contributed by atoms with Gasteiger partial charge in [0.2, 0.25) is 17.8 Å². The number of aryl methyl sites for hydroxylation is 3. The third-order valence-corrected chi connectivity index (χ3v) is 12.1. The first-order valence-corrected chi connectivity index (χ1v) is 20.7. The average Bonchev–Trinajstić information content (AvgIpc) is 3.65. The van der Waals surface area contributed by atoms with Crippen molar-refractivity contribution >= 4 is 39.8 Å². The lowest BCUT2D eigenvalue weighted by Crippen LogP contribution is -2.48. The molecule has 14 nitrogen and oxygen atoms in total. The van der Waals surface area contributed by atoms with Crippen LogP contribution in [0.15, 0.2) is 35.4 Å². The zero-order valence-electron chi connectivity index (χ0n) is 33.6. The number of imide groups is 1. The van der Waals surface area contributed by atoms with E-state index in [0.717, 1.165) is 87.1 Å². The van der Waals surface area contributed by atoms with Crippen molar-refractivity contribution in [1.82, 2.24) is 38.8 Å². The molecule has 1 atom stereocenters. The summed E-state index contributed by atoms with van der Waals surface area (Å²) in [7, 11) is 3.64. The average molecular weight is 812 g/mol. The molecule has 2 amide bonds. The fourth-order valence-corrected chi connectivity index (χ4v) is 8.82. The lowest BCUT2D eigenvalue weighted by atomic mass is 9.78. The number of anilines is 1. The van der Waals surface area contributed by atoms with E-state index in [0.29, 0.717) is 50.2 Å². The van der Waals surface area contributed by atoms with Crippen LogP contribution in [0.3, 0.4) is 0 Å². The summed E-state index contributed by atoms with van der Waals surface area (Å²) < 4.78 is 54.4. The van der Waals surface area contributed by atoms with E-state index in [1.807, 2.05) is 29.8 Å². The van der Waals surface area contributed by atoms with Crippen LogP contribution in [0, 0.1) is 5.92 Å². The molecule has 58 heavy (non-hydrogen) atoms. The molecule has 3 aliphatic rings. The molecule has 4 aromatic rings. The number of piperazine rings is 1. The van der Waals surface area contributed by atoms with Crippen molar-refractivity contribution in [2.24, 2.45) is 20.0 Å². The number of alkyl halides is 3. The van der Waals surface area contributed by atoms with Crippen LogP contribution >= 0.6 is 0 Å². The van der Waals surface area contributed by atoms with Crippen molar-refractivity contribution < 1.29 is 32.2 Å². The largest absolute Gasteiger partial charge is 0.390 e. The second kappa shape index (κ2) is 18.7. The predicted octanol–water partition coefficient (Wildman–Crippen LogP) is 4.52. The molecule has 3 fully saturated rings. The van der Waals surface area contributed by atoms with Gasteiger partial charge in [-0.1, -0.05) is 6.07 Å². The van der Waals surface area contributed by atoms with E-state index in [1.165, 1.54) is 23.0 Å². The second-order valence-electron chi connectivity index (χ2n) is 16.1. The first-order chi connectivity index (χ1) is 27.9. The first kappa shape index (κ1) is 41.8. The van der Waals surface area contributed by atoms with E-state index < -0.39 is 24.5 Å². The van der Waals surface area contributed by atoms with Gasteiger partial charge in [-0.05, 0) is 80.0 Å². The number of hydrogen-bond donors (Lipinski definition) is 2. The topological polar surface area (TPSA) is 141 Å². The van der Waals surface area contributed by atoms with E-state index >= 15 is 0 Å². The third-order valence-electron chi connectivity index (χ3n) is 12.1. The number of piperidine rings is 1. The SMILES string of the molecule is Cn1cc(C2CCC(CN3CCN(CCOCCOCCCc4ccc5c(c4)n(C)c(=O)n5[C@H]4CCC(=O)NC4=O)CC3)CC2)c2cnc(NCCC(F)(F)F)nc21. The molecule has 3 aromatic heterocycles. The molecule has 1 aromatic carbocycles. The molecule has 0 unspecified atom stereocenters. The van der Waals surface area contributed by atoms with Crippen LogP contribution in [-0.4, -0.2) is 124 Å². The van der Waals surface area contributed by atoms with E-state index in [4.69, 9.17) is 9.47 Å². The number of carbonyl (C=O) groups is 2. The number of benzene rings is 1. The highest BCUT2D eigenvalue weighted by Gasteiger charge is 2.32. The molecule has 2 saturated heterocycles. The van der Waals surface area contributed by atoms with Crippen LogP contribution in [0.4, 0.5) is 19.1 Å². The highest BCUT2D eigenvalue weighted by atomic mass is 19.4. The summed E-state index contributed by atoms with van der Waals surface area (Å²) in [6.07, 6.45) is 5.46. The summed E-state index contributed by atoms with van der Waals surface area (Å²) >= 11 is 0. The number of hydrogen-bond acceptors (Lipinski definition) is 10. The highest BCUT2D eigenvalue weighted by Crippen LogP contribution is 2.39. The molecule has 1 aliphatic carbocycles. The summed E-state index contributed by atoms with van der Waals surface area (Å²) in [6.45, 7) is 8.40. The fraction of sp³-hybridized carbons (Fsp3) is 0.634. The number of carbonyl (C=O) groups excluding carboxylic acids is 2. The van der Waals surface area contributed by atoms with Gasteiger partial charge in [-0.3, -0.25) is 28.9 Å². The number of halogens is 3. The van der Waals surface area contributed by atoms with Gasteiger partial charge >= 0.3 is 11.9 Å². The van der Waals surface area contributed by atoms with Crippen LogP contribution < -0.4 is 16.3 Å². The Morgan fingerprint density at radius 2 is 1.66 bits per heavy atom. The molecular formula is C41H56F3N9O5. The van der Waals surface area contributed by atoms with Gasteiger partial charge in [0.05, 0.1) is 37.3 Å². The quantitative estimate of drug-likeness (QED) is 0.116. The van der Waals surface area contributed by atoms with Gasteiger partial charge in [0.15, 0.2) is 0 Å². The zero-order valence-corrected chi connectivity index (χ0v) is 33.6. The second-order valence-corrected chi connectivity index (χ2v) is 16.1. The van der Waals surface area contributed by atoms with Gasteiger partial charge in [-0.25, -0.2) is 9.78 Å². The molecule has 0 bridgehead atoms. The maximum absolute atomic E-state index is 13.0. The van der Waals surface area contributed by atoms with E-state index in [1.54, 1.807) is 17.8 Å². The molecule has 316 valence electrons. The van der Waals surface area contributed by atoms with Gasteiger partial charge in [0.1, 0.15) is 11.7 Å². The summed E-state index contributed by atoms with van der Waals surface area (Å²) in [6, 6.07) is 5.17. The Kier molecular flexibility index (Phi) is 13.5. The Morgan fingerprint density at radius 3 is 2.40 bits per heavy atom. The van der Waals surface area contributed by atoms with Gasteiger partial charge in [-0.15, -0.1) is 0 Å². The first-order valence-electron chi connectivity index (χ1n) is 20.7. The van der Waals surface area contributed by atoms with Crippen molar-refractivity contribution in [2.45, 2.75) is 75.9 Å². The number of nitrogens with one attached hydrogen (secondary N) is 2. The van der Waals surface area contributed by atoms with Crippen molar-refractivity contribution in [3.63, 3.8) is 0 Å². The van der Waals surface area contributed by atoms with Gasteiger partial charge in [-0.2, -0.15) is 18.2 Å². The number of amides is 2. The van der Waals surface area contributed by atoms with Crippen molar-refractivity contribution in [1.29, 1.82) is 0 Å². The molecule has 5 heterocycles. The normalized spacial score (nSPS) is 21.3. The van der Waals surface area contributed by atoms with Crippen molar-refractivity contribution in [3.8, 4) is 0 Å². The van der Waals surface area contributed by atoms with Gasteiger partial charge in [0.25, 0.3) is 0 Å². The van der Waals surface area contributed by atoms with E-state index in [9.17, 15) is 27.6 Å². The molecule has 2 N–H and O–H groups in total. The number of imidazole rings is 1. The Bertz CT molecular complexity index is 2100. The minimum absolute atomic E-state index is 0.214. The number of nitrogens with zero attached hydrogens (tertiary/aromatic N) is 7. The minimum atomic E-state index is -4.22. The number of ether oxygens (including phenoxy) is 2. The zero-order chi connectivity index (χ0) is 40.8. The molecule has 2 aliphatic heterocycles. The Hall–Kier alpha value is -4.32. The predicted molar refractivity (Wildman–Crippen MR) is 214 cm³/mol. The van der Waals surface area contributed by atoms with Crippen LogP contribution in [0.5, 0.6) is 0 Å². The Balaban J connectivity index is 0.736. The third kappa shape index (κ3) is 10.3. The molecule has 0 spiro atoms. The molecule has 7 rings (SSSR count). The summed E-state index contributed by atoms with van der Waals surface area (Å²) in [5, 5.41) is 6.04. The van der Waals surface area contributed by atoms with Crippen LogP contribution in [0.25, 0.3) is 22.1 Å². The fourth-order valence-electron chi connectivity index (χ4n) is 8.82. The minimum Gasteiger partial charge on any atom is -0.379 e. The molecular weight excluding hydrogens is 756 g/mol. The van der Waals surface area contributed by atoms with Crippen molar-refractivity contribution in [2.75, 3.05) is 77.6 Å².